The molecule has 3 rings (SSSR count). The maximum Gasteiger partial charge on any atom is 0.341 e. The monoisotopic (exact) mass is 334 g/mol. The maximum absolute atomic E-state index is 12.3. The van der Waals surface area contributed by atoms with Gasteiger partial charge in [0, 0.05) is 23.8 Å². The van der Waals surface area contributed by atoms with E-state index in [1.54, 1.807) is 12.3 Å². The summed E-state index contributed by atoms with van der Waals surface area (Å²) in [5.74, 6) is -0.374. The highest BCUT2D eigenvalue weighted by Gasteiger charge is 2.22. The molecule has 1 aliphatic heterocycles. The minimum atomic E-state index is -0.374. The number of aromatic nitrogens is 2. The normalized spacial score (nSPS) is 15.6. The van der Waals surface area contributed by atoms with Crippen LogP contribution in [0.5, 0.6) is 0 Å². The lowest BCUT2D eigenvalue weighted by Gasteiger charge is -2.23. The Morgan fingerprint density at radius 2 is 2.13 bits per heavy atom. The Kier molecular flexibility index (Phi) is 4.98. The lowest BCUT2D eigenvalue weighted by atomic mass is 10.1. The molecule has 1 aromatic carbocycles. The predicted molar refractivity (Wildman–Crippen MR) is 86.6 cm³/mol. The first-order valence-electron chi connectivity index (χ1n) is 7.69. The van der Waals surface area contributed by atoms with Gasteiger partial charge in [0.2, 0.25) is 0 Å². The molecule has 1 fully saturated rings. The summed E-state index contributed by atoms with van der Waals surface area (Å²) >= 11 is 6.07. The Morgan fingerprint density at radius 1 is 1.39 bits per heavy atom. The van der Waals surface area contributed by atoms with Crippen LogP contribution in [0.15, 0.2) is 30.5 Å². The van der Waals surface area contributed by atoms with Gasteiger partial charge in [0.25, 0.3) is 0 Å². The van der Waals surface area contributed by atoms with Gasteiger partial charge in [-0.1, -0.05) is 29.8 Å². The number of ether oxygens (including phenoxy) is 2. The van der Waals surface area contributed by atoms with Gasteiger partial charge in [-0.15, -0.1) is 0 Å². The summed E-state index contributed by atoms with van der Waals surface area (Å²) in [6.45, 7) is 3.52. The zero-order valence-electron chi connectivity index (χ0n) is 13.0. The number of esters is 1. The number of nitrogens with zero attached hydrogens (tertiary/aromatic N) is 2. The average molecular weight is 335 g/mol. The highest BCUT2D eigenvalue weighted by Crippen LogP contribution is 2.24. The molecule has 0 unspecified atom stereocenters. The molecule has 0 aliphatic carbocycles. The summed E-state index contributed by atoms with van der Waals surface area (Å²) in [7, 11) is 0. The minimum Gasteiger partial charge on any atom is -0.457 e. The van der Waals surface area contributed by atoms with E-state index in [1.165, 1.54) is 0 Å². The van der Waals surface area contributed by atoms with Crippen LogP contribution < -0.4 is 0 Å². The summed E-state index contributed by atoms with van der Waals surface area (Å²) in [5.41, 5.74) is 2.13. The van der Waals surface area contributed by atoms with Crippen molar-refractivity contribution in [3.8, 4) is 0 Å². The van der Waals surface area contributed by atoms with E-state index in [0.29, 0.717) is 10.6 Å². The van der Waals surface area contributed by atoms with Gasteiger partial charge in [0.15, 0.2) is 0 Å². The summed E-state index contributed by atoms with van der Waals surface area (Å²) in [5, 5.41) is 4.96. The number of hydrogen-bond acceptors (Lipinski definition) is 4. The van der Waals surface area contributed by atoms with Gasteiger partial charge in [-0.05, 0) is 25.8 Å². The van der Waals surface area contributed by atoms with Gasteiger partial charge in [0.05, 0.1) is 17.9 Å². The molecule has 0 radical (unpaired) electrons. The van der Waals surface area contributed by atoms with Crippen LogP contribution in [-0.2, 0) is 16.1 Å². The lowest BCUT2D eigenvalue weighted by Crippen LogP contribution is -2.21. The van der Waals surface area contributed by atoms with Crippen LogP contribution in [-0.4, -0.2) is 29.0 Å². The number of benzene rings is 1. The Balaban J connectivity index is 1.68. The van der Waals surface area contributed by atoms with Crippen LogP contribution in [0.25, 0.3) is 0 Å². The highest BCUT2D eigenvalue weighted by molar-refractivity contribution is 6.31. The van der Waals surface area contributed by atoms with Crippen LogP contribution >= 0.6 is 11.6 Å². The second-order valence-corrected chi connectivity index (χ2v) is 6.01. The third-order valence-corrected chi connectivity index (χ3v) is 4.49. The molecular weight excluding hydrogens is 316 g/mol. The first kappa shape index (κ1) is 16.0. The quantitative estimate of drug-likeness (QED) is 0.802. The Morgan fingerprint density at radius 3 is 2.87 bits per heavy atom. The highest BCUT2D eigenvalue weighted by atomic mass is 35.5. The van der Waals surface area contributed by atoms with Crippen LogP contribution in [0.4, 0.5) is 0 Å². The molecule has 2 aromatic rings. The first-order chi connectivity index (χ1) is 11.2. The Labute approximate surface area is 140 Å². The number of rotatable bonds is 4. The number of halogens is 1. The molecule has 23 heavy (non-hydrogen) atoms. The zero-order valence-corrected chi connectivity index (χ0v) is 13.8. The molecule has 122 valence electrons. The van der Waals surface area contributed by atoms with E-state index in [1.807, 2.05) is 29.8 Å². The molecule has 0 amide bonds. The van der Waals surface area contributed by atoms with Gasteiger partial charge in [0.1, 0.15) is 12.2 Å². The van der Waals surface area contributed by atoms with Crippen molar-refractivity contribution in [1.29, 1.82) is 0 Å². The third kappa shape index (κ3) is 3.57. The number of hydrogen-bond donors (Lipinski definition) is 0. The van der Waals surface area contributed by atoms with Crippen molar-refractivity contribution in [3.05, 3.63) is 52.3 Å². The smallest absolute Gasteiger partial charge is 0.341 e. The SMILES string of the molecule is Cc1c(C(=O)OCc2ccccc2Cl)cnn1C1CCOCC1. The van der Waals surface area contributed by atoms with Gasteiger partial charge in [-0.3, -0.25) is 4.68 Å². The van der Waals surface area contributed by atoms with E-state index < -0.39 is 0 Å². The van der Waals surface area contributed by atoms with Crippen LogP contribution in [0, 0.1) is 6.92 Å². The summed E-state index contributed by atoms with van der Waals surface area (Å²) < 4.78 is 12.7. The molecule has 1 aliphatic rings. The van der Waals surface area contributed by atoms with Crippen LogP contribution in [0.3, 0.4) is 0 Å². The molecule has 1 saturated heterocycles. The summed E-state index contributed by atoms with van der Waals surface area (Å²) in [6.07, 6.45) is 3.41. The topological polar surface area (TPSA) is 53.3 Å². The Bertz CT molecular complexity index is 693. The molecule has 0 spiro atoms. The third-order valence-electron chi connectivity index (χ3n) is 4.12. The molecule has 6 heteroatoms. The van der Waals surface area contributed by atoms with E-state index in [0.717, 1.165) is 37.3 Å². The molecule has 0 N–H and O–H groups in total. The second-order valence-electron chi connectivity index (χ2n) is 5.60. The predicted octanol–water partition coefficient (Wildman–Crippen LogP) is 3.55. The Hall–Kier alpha value is -1.85. The molecular formula is C17H19ClN2O3. The first-order valence-corrected chi connectivity index (χ1v) is 8.07. The fourth-order valence-corrected chi connectivity index (χ4v) is 2.95. The summed E-state index contributed by atoms with van der Waals surface area (Å²) in [4.78, 5) is 12.3. The molecule has 5 nitrogen and oxygen atoms in total. The second kappa shape index (κ2) is 7.15. The van der Waals surface area contributed by atoms with Crippen molar-refractivity contribution in [2.75, 3.05) is 13.2 Å². The molecule has 0 bridgehead atoms. The molecule has 2 heterocycles. The standard InChI is InChI=1S/C17H19ClN2O3/c1-12-15(10-19-20(12)14-6-8-22-9-7-14)17(21)23-11-13-4-2-3-5-16(13)18/h2-5,10,14H,6-9,11H2,1H3. The minimum absolute atomic E-state index is 0.153. The van der Waals surface area contributed by atoms with Gasteiger partial charge in [-0.25, -0.2) is 4.79 Å². The molecule has 1 aromatic heterocycles. The van der Waals surface area contributed by atoms with E-state index in [9.17, 15) is 4.79 Å². The molecule has 0 saturated carbocycles. The lowest BCUT2D eigenvalue weighted by molar-refractivity contribution is 0.0471. The van der Waals surface area contributed by atoms with Crippen LogP contribution in [0.2, 0.25) is 5.02 Å². The van der Waals surface area contributed by atoms with Gasteiger partial charge >= 0.3 is 5.97 Å². The number of carbonyl (C=O) groups is 1. The van der Waals surface area contributed by atoms with E-state index in [2.05, 4.69) is 5.10 Å². The fourth-order valence-electron chi connectivity index (χ4n) is 2.76. The largest absolute Gasteiger partial charge is 0.457 e. The van der Waals surface area contributed by atoms with Crippen LogP contribution in [0.1, 0.15) is 40.5 Å². The zero-order chi connectivity index (χ0) is 16.2. The maximum atomic E-state index is 12.3. The van der Waals surface area contributed by atoms with E-state index >= 15 is 0 Å². The van der Waals surface area contributed by atoms with Crippen molar-refractivity contribution in [1.82, 2.24) is 9.78 Å². The number of carbonyl (C=O) groups excluding carboxylic acids is 1. The van der Waals surface area contributed by atoms with Crippen molar-refractivity contribution < 1.29 is 14.3 Å². The fraction of sp³-hybridized carbons (Fsp3) is 0.412. The van der Waals surface area contributed by atoms with Crippen molar-refractivity contribution in [3.63, 3.8) is 0 Å². The van der Waals surface area contributed by atoms with E-state index in [4.69, 9.17) is 21.1 Å². The average Bonchev–Trinajstić information content (AvgIpc) is 2.96. The van der Waals surface area contributed by atoms with E-state index in [-0.39, 0.29) is 18.6 Å². The van der Waals surface area contributed by atoms with Gasteiger partial charge < -0.3 is 9.47 Å². The molecule has 0 atom stereocenters. The summed E-state index contributed by atoms with van der Waals surface area (Å²) in [6, 6.07) is 7.61. The van der Waals surface area contributed by atoms with Crippen molar-refractivity contribution >= 4 is 17.6 Å². The van der Waals surface area contributed by atoms with Gasteiger partial charge in [-0.2, -0.15) is 5.10 Å². The van der Waals surface area contributed by atoms with Crippen molar-refractivity contribution in [2.45, 2.75) is 32.4 Å². The van der Waals surface area contributed by atoms with Crippen molar-refractivity contribution in [2.24, 2.45) is 0 Å².